The van der Waals surface area contributed by atoms with Crippen molar-refractivity contribution in [3.8, 4) is 11.3 Å². The number of benzene rings is 1. The van der Waals surface area contributed by atoms with E-state index in [2.05, 4.69) is 26.2 Å². The molecule has 90 valence electrons. The zero-order valence-corrected chi connectivity index (χ0v) is 11.7. The summed E-state index contributed by atoms with van der Waals surface area (Å²) >= 11 is 4.79. The molecular weight excluding hydrogens is 303 g/mol. The summed E-state index contributed by atoms with van der Waals surface area (Å²) in [6, 6.07) is 5.02. The first-order valence-electron chi connectivity index (χ1n) is 5.31. The predicted molar refractivity (Wildman–Crippen MR) is 72.6 cm³/mol. The van der Waals surface area contributed by atoms with Gasteiger partial charge in [-0.05, 0) is 24.7 Å². The summed E-state index contributed by atoms with van der Waals surface area (Å²) in [6.07, 6.45) is 0. The molecule has 1 N–H and O–H groups in total. The first kappa shape index (κ1) is 12.7. The smallest absolute Gasteiger partial charge is 0.133 e. The lowest BCUT2D eigenvalue weighted by molar-refractivity contribution is 0.630. The minimum absolute atomic E-state index is 0.250. The number of halogens is 2. The van der Waals surface area contributed by atoms with E-state index in [0.29, 0.717) is 11.3 Å². The van der Waals surface area contributed by atoms with Crippen LogP contribution in [0.25, 0.3) is 11.3 Å². The topological polar surface area (TPSA) is 24.9 Å². The fourth-order valence-corrected chi connectivity index (χ4v) is 2.54. The van der Waals surface area contributed by atoms with Crippen molar-refractivity contribution in [3.05, 3.63) is 38.9 Å². The van der Waals surface area contributed by atoms with Crippen molar-refractivity contribution in [1.29, 1.82) is 0 Å². The van der Waals surface area contributed by atoms with Crippen molar-refractivity contribution in [2.75, 3.05) is 6.54 Å². The number of hydrogen-bond acceptors (Lipinski definition) is 3. The number of thiazole rings is 1. The number of nitrogens with zero attached hydrogens (tertiary/aromatic N) is 1. The van der Waals surface area contributed by atoms with E-state index in [1.165, 1.54) is 6.07 Å². The van der Waals surface area contributed by atoms with E-state index in [0.717, 1.165) is 22.6 Å². The van der Waals surface area contributed by atoms with Gasteiger partial charge in [-0.15, -0.1) is 11.3 Å². The zero-order chi connectivity index (χ0) is 12.3. The monoisotopic (exact) mass is 314 g/mol. The van der Waals surface area contributed by atoms with E-state index in [1.54, 1.807) is 17.4 Å². The largest absolute Gasteiger partial charge is 0.311 e. The third-order valence-corrected chi connectivity index (χ3v) is 3.63. The number of hydrogen-bond donors (Lipinski definition) is 1. The summed E-state index contributed by atoms with van der Waals surface area (Å²) in [7, 11) is 0. The minimum atomic E-state index is -0.250. The fourth-order valence-electron chi connectivity index (χ4n) is 1.44. The van der Waals surface area contributed by atoms with Crippen molar-refractivity contribution in [2.45, 2.75) is 13.5 Å². The van der Waals surface area contributed by atoms with Crippen LogP contribution >= 0.6 is 27.3 Å². The molecule has 0 aliphatic heterocycles. The van der Waals surface area contributed by atoms with Gasteiger partial charge in [-0.3, -0.25) is 0 Å². The molecule has 0 amide bonds. The number of aromatic nitrogens is 1. The minimum Gasteiger partial charge on any atom is -0.311 e. The first-order valence-corrected chi connectivity index (χ1v) is 6.98. The lowest BCUT2D eigenvalue weighted by Gasteiger charge is -2.00. The number of rotatable bonds is 4. The highest BCUT2D eigenvalue weighted by Gasteiger charge is 2.09. The second-order valence-corrected chi connectivity index (χ2v) is 5.39. The van der Waals surface area contributed by atoms with Crippen LogP contribution in [-0.2, 0) is 6.54 Å². The van der Waals surface area contributed by atoms with Crippen LogP contribution in [0.3, 0.4) is 0 Å². The highest BCUT2D eigenvalue weighted by molar-refractivity contribution is 9.10. The maximum absolute atomic E-state index is 13.7. The van der Waals surface area contributed by atoms with Crippen molar-refractivity contribution in [2.24, 2.45) is 0 Å². The summed E-state index contributed by atoms with van der Waals surface area (Å²) in [6.45, 7) is 3.68. The molecule has 0 fully saturated rings. The maximum Gasteiger partial charge on any atom is 0.133 e. The normalized spacial score (nSPS) is 10.8. The van der Waals surface area contributed by atoms with Gasteiger partial charge in [-0.25, -0.2) is 9.37 Å². The van der Waals surface area contributed by atoms with Gasteiger partial charge in [-0.1, -0.05) is 22.9 Å². The molecule has 0 saturated heterocycles. The number of nitrogens with one attached hydrogen (secondary N) is 1. The summed E-state index contributed by atoms with van der Waals surface area (Å²) < 4.78 is 14.5. The second kappa shape index (κ2) is 5.71. The van der Waals surface area contributed by atoms with Gasteiger partial charge in [0.15, 0.2) is 0 Å². The van der Waals surface area contributed by atoms with Crippen LogP contribution in [0.15, 0.2) is 28.1 Å². The van der Waals surface area contributed by atoms with E-state index in [1.807, 2.05) is 18.4 Å². The molecule has 0 aliphatic rings. The van der Waals surface area contributed by atoms with Gasteiger partial charge in [0, 0.05) is 22.0 Å². The molecule has 2 nitrogen and oxygen atoms in total. The Bertz CT molecular complexity index is 513. The first-order chi connectivity index (χ1) is 8.20. The third kappa shape index (κ3) is 3.12. The van der Waals surface area contributed by atoms with Crippen LogP contribution in [-0.4, -0.2) is 11.5 Å². The molecule has 1 aromatic carbocycles. The average molecular weight is 315 g/mol. The van der Waals surface area contributed by atoms with Crippen molar-refractivity contribution in [3.63, 3.8) is 0 Å². The molecular formula is C12H12BrFN2S. The molecule has 0 aliphatic carbocycles. The lowest BCUT2D eigenvalue weighted by atomic mass is 10.1. The van der Waals surface area contributed by atoms with Gasteiger partial charge in [0.25, 0.3) is 0 Å². The Kier molecular flexibility index (Phi) is 4.25. The Balaban J connectivity index is 2.24. The fraction of sp³-hybridized carbons (Fsp3) is 0.250. The lowest BCUT2D eigenvalue weighted by Crippen LogP contribution is -2.11. The van der Waals surface area contributed by atoms with Crippen LogP contribution in [0.1, 0.15) is 11.9 Å². The molecule has 0 saturated carbocycles. The summed E-state index contributed by atoms with van der Waals surface area (Å²) in [4.78, 5) is 4.41. The summed E-state index contributed by atoms with van der Waals surface area (Å²) in [5.41, 5.74) is 1.25. The van der Waals surface area contributed by atoms with Crippen LogP contribution in [0, 0.1) is 5.82 Å². The predicted octanol–water partition coefficient (Wildman–Crippen LogP) is 3.82. The van der Waals surface area contributed by atoms with E-state index >= 15 is 0 Å². The molecule has 2 rings (SSSR count). The van der Waals surface area contributed by atoms with Crippen molar-refractivity contribution in [1.82, 2.24) is 10.3 Å². The van der Waals surface area contributed by atoms with Crippen LogP contribution in [0.5, 0.6) is 0 Å². The molecule has 0 radical (unpaired) electrons. The Hall–Kier alpha value is -0.780. The molecule has 17 heavy (non-hydrogen) atoms. The zero-order valence-electron chi connectivity index (χ0n) is 9.34. The Labute approximate surface area is 112 Å². The Morgan fingerprint density at radius 2 is 2.29 bits per heavy atom. The van der Waals surface area contributed by atoms with Gasteiger partial charge < -0.3 is 5.32 Å². The molecule has 0 bridgehead atoms. The molecule has 5 heteroatoms. The SMILES string of the molecule is CCNCc1nc(-c2ccc(Br)cc2F)cs1. The average Bonchev–Trinajstić information content (AvgIpc) is 2.75. The van der Waals surface area contributed by atoms with E-state index in [4.69, 9.17) is 0 Å². The highest BCUT2D eigenvalue weighted by Crippen LogP contribution is 2.26. The van der Waals surface area contributed by atoms with Crippen molar-refractivity contribution < 1.29 is 4.39 Å². The van der Waals surface area contributed by atoms with Crippen LogP contribution < -0.4 is 5.32 Å². The molecule has 2 aromatic rings. The molecule has 1 aromatic heterocycles. The van der Waals surface area contributed by atoms with Gasteiger partial charge >= 0.3 is 0 Å². The standard InChI is InChI=1S/C12H12BrFN2S/c1-2-15-6-12-16-11(7-17-12)9-4-3-8(13)5-10(9)14/h3-5,7,15H,2,6H2,1H3. The molecule has 0 atom stereocenters. The van der Waals surface area contributed by atoms with E-state index in [9.17, 15) is 4.39 Å². The second-order valence-electron chi connectivity index (χ2n) is 3.53. The van der Waals surface area contributed by atoms with E-state index in [-0.39, 0.29) is 5.82 Å². The van der Waals surface area contributed by atoms with Crippen molar-refractivity contribution >= 4 is 27.3 Å². The maximum atomic E-state index is 13.7. The van der Waals surface area contributed by atoms with Gasteiger partial charge in [-0.2, -0.15) is 0 Å². The van der Waals surface area contributed by atoms with Gasteiger partial charge in [0.05, 0.1) is 5.69 Å². The van der Waals surface area contributed by atoms with E-state index < -0.39 is 0 Å². The molecule has 1 heterocycles. The van der Waals surface area contributed by atoms with Gasteiger partial charge in [0.2, 0.25) is 0 Å². The summed E-state index contributed by atoms with van der Waals surface area (Å²) in [5, 5.41) is 6.06. The quantitative estimate of drug-likeness (QED) is 0.928. The molecule has 0 spiro atoms. The van der Waals surface area contributed by atoms with Crippen LogP contribution in [0.4, 0.5) is 4.39 Å². The van der Waals surface area contributed by atoms with Gasteiger partial charge in [0.1, 0.15) is 10.8 Å². The Morgan fingerprint density at radius 1 is 1.47 bits per heavy atom. The molecule has 0 unspecified atom stereocenters. The van der Waals surface area contributed by atoms with Crippen LogP contribution in [0.2, 0.25) is 0 Å². The highest BCUT2D eigenvalue weighted by atomic mass is 79.9. The third-order valence-electron chi connectivity index (χ3n) is 2.29. The Morgan fingerprint density at radius 3 is 3.00 bits per heavy atom. The summed E-state index contributed by atoms with van der Waals surface area (Å²) in [5.74, 6) is -0.250.